The molecule has 1 amide bonds. The van der Waals surface area contributed by atoms with Crippen LogP contribution in [0.4, 0.5) is 0 Å². The molecule has 1 N–H and O–H groups in total. The van der Waals surface area contributed by atoms with Crippen molar-refractivity contribution in [3.8, 4) is 0 Å². The van der Waals surface area contributed by atoms with Crippen molar-refractivity contribution in [2.24, 2.45) is 0 Å². The molecule has 0 saturated carbocycles. The van der Waals surface area contributed by atoms with Crippen molar-refractivity contribution >= 4 is 29.0 Å². The van der Waals surface area contributed by atoms with E-state index in [0.29, 0.717) is 17.7 Å². The third kappa shape index (κ3) is 0.797. The Hall–Kier alpha value is -0.970. The van der Waals surface area contributed by atoms with E-state index in [1.165, 1.54) is 4.90 Å². The van der Waals surface area contributed by atoms with Gasteiger partial charge in [0.15, 0.2) is 6.04 Å². The Labute approximate surface area is 74.2 Å². The highest BCUT2D eigenvalue weighted by atomic mass is 32.1. The summed E-state index contributed by atoms with van der Waals surface area (Å²) < 4.78 is 0. The molecule has 0 aromatic carbocycles. The molecular weight excluding hydrogens is 178 g/mol. The van der Waals surface area contributed by atoms with Gasteiger partial charge in [-0.05, 0) is 0 Å². The SMILES string of the molecule is O=C(O)C1C(=S)CC2CC(=O)N21. The minimum absolute atomic E-state index is 0.0751. The van der Waals surface area contributed by atoms with Crippen LogP contribution in [0.15, 0.2) is 0 Å². The van der Waals surface area contributed by atoms with Gasteiger partial charge < -0.3 is 10.0 Å². The summed E-state index contributed by atoms with van der Waals surface area (Å²) in [4.78, 5) is 23.5. The standard InChI is InChI=1S/C7H7NO3S/c9-5-2-3-1-4(12)6(7(10)11)8(3)5/h3,6H,1-2H2,(H,10,11). The molecule has 0 aliphatic carbocycles. The lowest BCUT2D eigenvalue weighted by Crippen LogP contribution is -2.55. The van der Waals surface area contributed by atoms with Crippen molar-refractivity contribution in [3.63, 3.8) is 0 Å². The number of amides is 1. The predicted octanol–water partition coefficient (Wildman–Crippen LogP) is -0.186. The smallest absolute Gasteiger partial charge is 0.331 e. The monoisotopic (exact) mass is 185 g/mol. The largest absolute Gasteiger partial charge is 0.479 e. The van der Waals surface area contributed by atoms with E-state index >= 15 is 0 Å². The van der Waals surface area contributed by atoms with Crippen LogP contribution in [-0.2, 0) is 9.59 Å². The molecule has 4 nitrogen and oxygen atoms in total. The minimum atomic E-state index is -1.00. The molecular formula is C7H7NO3S. The third-order valence-corrected chi connectivity index (χ3v) is 2.74. The Morgan fingerprint density at radius 2 is 2.25 bits per heavy atom. The zero-order chi connectivity index (χ0) is 8.88. The molecule has 12 heavy (non-hydrogen) atoms. The van der Waals surface area contributed by atoms with Gasteiger partial charge in [-0.15, -0.1) is 0 Å². The van der Waals surface area contributed by atoms with Crippen molar-refractivity contribution < 1.29 is 14.7 Å². The van der Waals surface area contributed by atoms with E-state index in [1.54, 1.807) is 0 Å². The molecule has 2 aliphatic heterocycles. The van der Waals surface area contributed by atoms with Crippen LogP contribution < -0.4 is 0 Å². The van der Waals surface area contributed by atoms with Gasteiger partial charge in [0.2, 0.25) is 5.91 Å². The Bertz CT molecular complexity index is 288. The number of fused-ring (bicyclic) bond motifs is 1. The summed E-state index contributed by atoms with van der Waals surface area (Å²) in [5.41, 5.74) is 0. The van der Waals surface area contributed by atoms with Crippen LogP contribution in [0.25, 0.3) is 0 Å². The summed E-state index contributed by atoms with van der Waals surface area (Å²) in [6.45, 7) is 0. The number of thiocarbonyl (C=S) groups is 1. The van der Waals surface area contributed by atoms with Crippen molar-refractivity contribution in [3.05, 3.63) is 0 Å². The Balaban J connectivity index is 2.26. The maximum atomic E-state index is 11.0. The van der Waals surface area contributed by atoms with Crippen LogP contribution in [0.2, 0.25) is 0 Å². The Morgan fingerprint density at radius 3 is 2.67 bits per heavy atom. The number of carbonyl (C=O) groups is 2. The number of hydrogen-bond acceptors (Lipinski definition) is 3. The van der Waals surface area contributed by atoms with Crippen molar-refractivity contribution in [2.75, 3.05) is 0 Å². The van der Waals surface area contributed by atoms with E-state index in [0.717, 1.165) is 0 Å². The first-order valence-electron chi connectivity index (χ1n) is 3.68. The summed E-state index contributed by atoms with van der Waals surface area (Å²) in [6.07, 6.45) is 1.04. The van der Waals surface area contributed by atoms with Gasteiger partial charge >= 0.3 is 5.97 Å². The van der Waals surface area contributed by atoms with E-state index < -0.39 is 12.0 Å². The second kappa shape index (κ2) is 2.26. The lowest BCUT2D eigenvalue weighted by Gasteiger charge is -2.36. The third-order valence-electron chi connectivity index (χ3n) is 2.35. The number of rotatable bonds is 1. The molecule has 0 aromatic heterocycles. The molecule has 2 fully saturated rings. The van der Waals surface area contributed by atoms with Gasteiger partial charge in [0.25, 0.3) is 0 Å². The van der Waals surface area contributed by atoms with Crippen molar-refractivity contribution in [2.45, 2.75) is 24.9 Å². The predicted molar refractivity (Wildman–Crippen MR) is 43.9 cm³/mol. The average molecular weight is 185 g/mol. The van der Waals surface area contributed by atoms with Gasteiger partial charge in [0, 0.05) is 23.7 Å². The van der Waals surface area contributed by atoms with Gasteiger partial charge in [0.1, 0.15) is 0 Å². The van der Waals surface area contributed by atoms with Gasteiger partial charge in [-0.1, -0.05) is 12.2 Å². The second-order valence-electron chi connectivity index (χ2n) is 3.07. The molecule has 2 rings (SSSR count). The van der Waals surface area contributed by atoms with Crippen LogP contribution in [0.1, 0.15) is 12.8 Å². The van der Waals surface area contributed by atoms with Crippen molar-refractivity contribution in [1.82, 2.24) is 4.90 Å². The van der Waals surface area contributed by atoms with Crippen LogP contribution in [-0.4, -0.2) is 38.8 Å². The molecule has 2 saturated heterocycles. The number of aliphatic carboxylic acids is 1. The fourth-order valence-corrected chi connectivity index (χ4v) is 2.18. The normalized spacial score (nSPS) is 33.2. The zero-order valence-corrected chi connectivity index (χ0v) is 7.00. The number of carboxylic acids is 1. The second-order valence-corrected chi connectivity index (χ2v) is 3.59. The van der Waals surface area contributed by atoms with E-state index in [9.17, 15) is 9.59 Å². The molecule has 2 heterocycles. The van der Waals surface area contributed by atoms with Crippen LogP contribution in [0.5, 0.6) is 0 Å². The number of carboxylic acid groups (broad SMARTS) is 1. The molecule has 0 aromatic rings. The maximum Gasteiger partial charge on any atom is 0.331 e. The maximum absolute atomic E-state index is 11.0. The first-order valence-corrected chi connectivity index (χ1v) is 4.09. The number of hydrogen-bond donors (Lipinski definition) is 1. The molecule has 2 atom stereocenters. The summed E-state index contributed by atoms with van der Waals surface area (Å²) in [5, 5.41) is 8.74. The quantitative estimate of drug-likeness (QED) is 0.454. The van der Waals surface area contributed by atoms with E-state index in [4.69, 9.17) is 17.3 Å². The summed E-state index contributed by atoms with van der Waals surface area (Å²) in [6, 6.07) is -0.752. The topological polar surface area (TPSA) is 57.6 Å². The molecule has 5 heteroatoms. The van der Waals surface area contributed by atoms with Gasteiger partial charge in [-0.25, -0.2) is 4.79 Å². The van der Waals surface area contributed by atoms with E-state index in [1.807, 2.05) is 0 Å². The zero-order valence-electron chi connectivity index (χ0n) is 6.19. The van der Waals surface area contributed by atoms with Gasteiger partial charge in [-0.2, -0.15) is 0 Å². The highest BCUT2D eigenvalue weighted by Crippen LogP contribution is 2.33. The fourth-order valence-electron chi connectivity index (χ4n) is 1.78. The molecule has 0 bridgehead atoms. The summed E-state index contributed by atoms with van der Waals surface area (Å²) in [5.74, 6) is -1.09. The van der Waals surface area contributed by atoms with Crippen molar-refractivity contribution in [1.29, 1.82) is 0 Å². The van der Waals surface area contributed by atoms with Gasteiger partial charge in [0.05, 0.1) is 0 Å². The van der Waals surface area contributed by atoms with Crippen LogP contribution >= 0.6 is 12.2 Å². The first-order chi connectivity index (χ1) is 5.61. The first kappa shape index (κ1) is 7.67. The summed E-state index contributed by atoms with van der Waals surface area (Å²) >= 11 is 4.89. The Kier molecular flexibility index (Phi) is 1.44. The summed E-state index contributed by atoms with van der Waals surface area (Å²) in [7, 11) is 0. The van der Waals surface area contributed by atoms with E-state index in [2.05, 4.69) is 0 Å². The highest BCUT2D eigenvalue weighted by molar-refractivity contribution is 7.80. The minimum Gasteiger partial charge on any atom is -0.479 e. The molecule has 0 spiro atoms. The highest BCUT2D eigenvalue weighted by Gasteiger charge is 2.51. The molecule has 2 aliphatic rings. The number of carbonyl (C=O) groups excluding carboxylic acids is 1. The average Bonchev–Trinajstić information content (AvgIpc) is 2.22. The number of nitrogens with zero attached hydrogens (tertiary/aromatic N) is 1. The molecule has 2 unspecified atom stereocenters. The fraction of sp³-hybridized carbons (Fsp3) is 0.571. The van der Waals surface area contributed by atoms with Crippen LogP contribution in [0.3, 0.4) is 0 Å². The molecule has 64 valence electrons. The molecule has 0 radical (unpaired) electrons. The number of β-lactam (4-membered cyclic amide) rings is 1. The van der Waals surface area contributed by atoms with Gasteiger partial charge in [-0.3, -0.25) is 4.79 Å². The lowest BCUT2D eigenvalue weighted by atomic mass is 10.0. The van der Waals surface area contributed by atoms with E-state index in [-0.39, 0.29) is 11.9 Å². The lowest BCUT2D eigenvalue weighted by molar-refractivity contribution is -0.155. The Morgan fingerprint density at radius 1 is 1.58 bits per heavy atom. The van der Waals surface area contributed by atoms with Crippen LogP contribution in [0, 0.1) is 0 Å².